The number of ether oxygens (including phenoxy) is 1. The lowest BCUT2D eigenvalue weighted by atomic mass is 9.68. The van der Waals surface area contributed by atoms with Gasteiger partial charge >= 0.3 is 5.97 Å². The Bertz CT molecular complexity index is 332. The summed E-state index contributed by atoms with van der Waals surface area (Å²) in [5.74, 6) is -0.843. The molecule has 1 saturated heterocycles. The van der Waals surface area contributed by atoms with Crippen LogP contribution in [0, 0.1) is 10.8 Å². The highest BCUT2D eigenvalue weighted by Crippen LogP contribution is 2.50. The molecule has 0 amide bonds. The van der Waals surface area contributed by atoms with Crippen molar-refractivity contribution in [3.05, 3.63) is 0 Å². The largest absolute Gasteiger partial charge is 0.481 e. The first-order valence-electron chi connectivity index (χ1n) is 6.72. The molecule has 6 nitrogen and oxygen atoms in total. The van der Waals surface area contributed by atoms with Gasteiger partial charge in [-0.1, -0.05) is 0 Å². The zero-order valence-electron chi connectivity index (χ0n) is 10.9. The van der Waals surface area contributed by atoms with E-state index in [0.717, 1.165) is 6.42 Å². The van der Waals surface area contributed by atoms with Gasteiger partial charge in [0.2, 0.25) is 0 Å². The van der Waals surface area contributed by atoms with Gasteiger partial charge < -0.3 is 25.2 Å². The number of epoxide rings is 1. The normalized spacial score (nSPS) is 33.8. The maximum absolute atomic E-state index is 11.6. The third-order valence-electron chi connectivity index (χ3n) is 4.78. The van der Waals surface area contributed by atoms with E-state index in [-0.39, 0.29) is 32.0 Å². The molecule has 1 saturated carbocycles. The quantitative estimate of drug-likeness (QED) is 0.477. The van der Waals surface area contributed by atoms with Crippen molar-refractivity contribution < 1.29 is 30.0 Å². The van der Waals surface area contributed by atoms with Crippen LogP contribution in [0.4, 0.5) is 0 Å². The molecule has 110 valence electrons. The van der Waals surface area contributed by atoms with Crippen LogP contribution >= 0.6 is 0 Å². The van der Waals surface area contributed by atoms with Gasteiger partial charge in [-0.2, -0.15) is 0 Å². The number of aliphatic carboxylic acids is 1. The fourth-order valence-electron chi connectivity index (χ4n) is 2.94. The summed E-state index contributed by atoms with van der Waals surface area (Å²) in [5.41, 5.74) is -1.84. The predicted molar refractivity (Wildman–Crippen MR) is 65.5 cm³/mol. The predicted octanol–water partition coefficient (Wildman–Crippen LogP) is -0.248. The molecule has 2 aliphatic rings. The summed E-state index contributed by atoms with van der Waals surface area (Å²) in [4.78, 5) is 11.6. The highest BCUT2D eigenvalue weighted by atomic mass is 16.6. The molecule has 3 atom stereocenters. The number of hydrogen-bond acceptors (Lipinski definition) is 5. The summed E-state index contributed by atoms with van der Waals surface area (Å²) in [6, 6.07) is 0. The Labute approximate surface area is 112 Å². The molecular formula is C13H22O6. The Hall–Kier alpha value is -0.690. The Balaban J connectivity index is 2.03. The molecule has 19 heavy (non-hydrogen) atoms. The van der Waals surface area contributed by atoms with Crippen LogP contribution in [0.15, 0.2) is 0 Å². The standard InChI is InChI=1S/C13H22O6/c14-6-12(7-15,8-16)3-4-13(11(17)18)2-1-9-10(5-13)19-9/h9-10,14-16H,1-8H2,(H,17,18). The van der Waals surface area contributed by atoms with Gasteiger partial charge in [0.1, 0.15) is 0 Å². The molecule has 0 aromatic carbocycles. The summed E-state index contributed by atoms with van der Waals surface area (Å²) in [7, 11) is 0. The highest BCUT2D eigenvalue weighted by Gasteiger charge is 2.54. The second-order valence-electron chi connectivity index (χ2n) is 6.02. The van der Waals surface area contributed by atoms with Crippen molar-refractivity contribution >= 4 is 5.97 Å². The molecule has 0 radical (unpaired) electrons. The smallest absolute Gasteiger partial charge is 0.309 e. The minimum Gasteiger partial charge on any atom is -0.481 e. The van der Waals surface area contributed by atoms with Gasteiger partial charge in [0.05, 0.1) is 37.4 Å². The summed E-state index contributed by atoms with van der Waals surface area (Å²) < 4.78 is 5.38. The lowest BCUT2D eigenvalue weighted by Crippen LogP contribution is -2.40. The van der Waals surface area contributed by atoms with Crippen molar-refractivity contribution in [1.82, 2.24) is 0 Å². The maximum Gasteiger partial charge on any atom is 0.309 e. The number of carbonyl (C=O) groups is 1. The number of aliphatic hydroxyl groups is 3. The maximum atomic E-state index is 11.6. The summed E-state index contributed by atoms with van der Waals surface area (Å²) in [6.07, 6.45) is 2.72. The summed E-state index contributed by atoms with van der Waals surface area (Å²) in [6.45, 7) is -1.05. The van der Waals surface area contributed by atoms with Gasteiger partial charge in [0, 0.05) is 5.41 Å². The molecule has 2 rings (SSSR count). The topological polar surface area (TPSA) is 111 Å². The molecule has 0 aromatic rings. The first-order chi connectivity index (χ1) is 9.01. The van der Waals surface area contributed by atoms with Crippen LogP contribution in [0.25, 0.3) is 0 Å². The Morgan fingerprint density at radius 2 is 1.84 bits per heavy atom. The van der Waals surface area contributed by atoms with Crippen LogP contribution in [0.5, 0.6) is 0 Å². The van der Waals surface area contributed by atoms with Crippen LogP contribution in [0.1, 0.15) is 32.1 Å². The van der Waals surface area contributed by atoms with Crippen molar-refractivity contribution in [3.8, 4) is 0 Å². The van der Waals surface area contributed by atoms with Gasteiger partial charge in [-0.15, -0.1) is 0 Å². The Morgan fingerprint density at radius 1 is 1.21 bits per heavy atom. The van der Waals surface area contributed by atoms with E-state index in [4.69, 9.17) is 4.74 Å². The second-order valence-corrected chi connectivity index (χ2v) is 6.02. The van der Waals surface area contributed by atoms with Gasteiger partial charge in [-0.25, -0.2) is 0 Å². The molecule has 0 spiro atoms. The van der Waals surface area contributed by atoms with Crippen LogP contribution < -0.4 is 0 Å². The zero-order valence-corrected chi connectivity index (χ0v) is 10.9. The van der Waals surface area contributed by atoms with Crippen molar-refractivity contribution in [2.24, 2.45) is 10.8 Å². The van der Waals surface area contributed by atoms with Gasteiger partial charge in [-0.05, 0) is 32.1 Å². The lowest BCUT2D eigenvalue weighted by Gasteiger charge is -2.35. The molecule has 1 aliphatic heterocycles. The van der Waals surface area contributed by atoms with Crippen LogP contribution in [-0.4, -0.2) is 58.4 Å². The molecule has 1 heterocycles. The number of carboxylic acids is 1. The van der Waals surface area contributed by atoms with E-state index in [0.29, 0.717) is 25.7 Å². The number of rotatable bonds is 7. The van der Waals surface area contributed by atoms with Gasteiger partial charge in [0.15, 0.2) is 0 Å². The molecule has 2 fully saturated rings. The highest BCUT2D eigenvalue weighted by molar-refractivity contribution is 5.75. The molecular weight excluding hydrogens is 252 g/mol. The average molecular weight is 274 g/mol. The van der Waals surface area contributed by atoms with Crippen LogP contribution in [0.2, 0.25) is 0 Å². The van der Waals surface area contributed by atoms with Gasteiger partial charge in [-0.3, -0.25) is 4.79 Å². The van der Waals surface area contributed by atoms with E-state index < -0.39 is 16.8 Å². The van der Waals surface area contributed by atoms with E-state index in [1.54, 1.807) is 0 Å². The Kier molecular flexibility index (Phi) is 4.15. The fourth-order valence-corrected chi connectivity index (χ4v) is 2.94. The zero-order chi connectivity index (χ0) is 14.1. The first kappa shape index (κ1) is 14.7. The molecule has 6 heteroatoms. The SMILES string of the molecule is O=C(O)C1(CCC(CO)(CO)CO)CCC2OC2C1. The van der Waals surface area contributed by atoms with Crippen molar-refractivity contribution in [2.45, 2.75) is 44.3 Å². The molecule has 3 unspecified atom stereocenters. The molecule has 0 bridgehead atoms. The van der Waals surface area contributed by atoms with E-state index in [2.05, 4.69) is 0 Å². The monoisotopic (exact) mass is 274 g/mol. The number of fused-ring (bicyclic) bond motifs is 1. The number of aliphatic hydroxyl groups excluding tert-OH is 3. The van der Waals surface area contributed by atoms with E-state index in [1.807, 2.05) is 0 Å². The minimum absolute atomic E-state index is 0.0524. The van der Waals surface area contributed by atoms with E-state index >= 15 is 0 Å². The fraction of sp³-hybridized carbons (Fsp3) is 0.923. The third kappa shape index (κ3) is 2.76. The van der Waals surface area contributed by atoms with Crippen molar-refractivity contribution in [1.29, 1.82) is 0 Å². The van der Waals surface area contributed by atoms with Crippen molar-refractivity contribution in [2.75, 3.05) is 19.8 Å². The first-order valence-corrected chi connectivity index (χ1v) is 6.72. The van der Waals surface area contributed by atoms with Crippen LogP contribution in [0.3, 0.4) is 0 Å². The Morgan fingerprint density at radius 3 is 2.32 bits per heavy atom. The number of hydrogen-bond donors (Lipinski definition) is 4. The lowest BCUT2D eigenvalue weighted by molar-refractivity contribution is -0.152. The third-order valence-corrected chi connectivity index (χ3v) is 4.78. The van der Waals surface area contributed by atoms with Gasteiger partial charge in [0.25, 0.3) is 0 Å². The second kappa shape index (κ2) is 5.36. The molecule has 4 N–H and O–H groups in total. The molecule has 1 aliphatic carbocycles. The minimum atomic E-state index is -0.996. The summed E-state index contributed by atoms with van der Waals surface area (Å²) >= 11 is 0. The van der Waals surface area contributed by atoms with Crippen molar-refractivity contribution in [3.63, 3.8) is 0 Å². The average Bonchev–Trinajstić information content (AvgIpc) is 3.19. The molecule has 0 aromatic heterocycles. The number of carboxylic acid groups (broad SMARTS) is 1. The summed E-state index contributed by atoms with van der Waals surface area (Å²) in [5, 5.41) is 37.4. The van der Waals surface area contributed by atoms with E-state index in [9.17, 15) is 25.2 Å². The van der Waals surface area contributed by atoms with Crippen LogP contribution in [-0.2, 0) is 9.53 Å². The van der Waals surface area contributed by atoms with E-state index in [1.165, 1.54) is 0 Å².